The van der Waals surface area contributed by atoms with Gasteiger partial charge in [0.2, 0.25) is 0 Å². The van der Waals surface area contributed by atoms with E-state index >= 15 is 0 Å². The number of H-pyrrole nitrogens is 2. The van der Waals surface area contributed by atoms with Gasteiger partial charge in [0.25, 0.3) is 0 Å². The fourth-order valence-corrected chi connectivity index (χ4v) is 5.34. The number of aromatic amines is 2. The normalized spacial score (nSPS) is 21.8. The summed E-state index contributed by atoms with van der Waals surface area (Å²) in [6, 6.07) is 10.7. The molecule has 3 aromatic heterocycles. The Bertz CT molecular complexity index is 1230. The average molecular weight is 402 g/mol. The van der Waals surface area contributed by atoms with E-state index in [1.54, 1.807) is 0 Å². The van der Waals surface area contributed by atoms with Crippen LogP contribution in [0, 0.1) is 18.8 Å². The van der Waals surface area contributed by atoms with E-state index in [4.69, 9.17) is 5.73 Å². The smallest absolute Gasteiger partial charge is 0.160 e. The van der Waals surface area contributed by atoms with Crippen LogP contribution < -0.4 is 11.2 Å². The second-order valence-corrected chi connectivity index (χ2v) is 8.91. The molecule has 1 aromatic carbocycles. The summed E-state index contributed by atoms with van der Waals surface area (Å²) in [5.41, 5.74) is 15.6. The molecular weight excluding hydrogens is 374 g/mol. The number of pyridine rings is 1. The van der Waals surface area contributed by atoms with Crippen molar-refractivity contribution >= 4 is 27.9 Å². The molecular formula is C23H27N7. The van der Waals surface area contributed by atoms with Crippen molar-refractivity contribution in [2.45, 2.75) is 32.7 Å². The van der Waals surface area contributed by atoms with Crippen molar-refractivity contribution in [3.05, 3.63) is 41.7 Å². The molecule has 4 aromatic rings. The van der Waals surface area contributed by atoms with Crippen LogP contribution in [0.15, 0.2) is 30.3 Å². The molecule has 154 valence electrons. The molecule has 1 saturated heterocycles. The lowest BCUT2D eigenvalue weighted by Gasteiger charge is -2.18. The monoisotopic (exact) mass is 401 g/mol. The van der Waals surface area contributed by atoms with Crippen LogP contribution >= 0.6 is 0 Å². The molecule has 0 bridgehead atoms. The standard InChI is InChI=1S/C23H27N7/c1-13-26-22-18(9-21(24)29-23(22)27-13)20-8-17-7-14(5-6-19(17)28-20)10-25-30-11-15-3-2-4-16(15)12-30/h5-9,15-16,25,28H,2-4,10-12H2,1H3,(H3,24,26,27,29). The fraction of sp³-hybridized carbons (Fsp3) is 0.391. The number of nitrogens with one attached hydrogen (secondary N) is 3. The predicted molar refractivity (Wildman–Crippen MR) is 120 cm³/mol. The Morgan fingerprint density at radius 1 is 1.10 bits per heavy atom. The quantitative estimate of drug-likeness (QED) is 0.418. The van der Waals surface area contributed by atoms with Gasteiger partial charge in [-0.15, -0.1) is 0 Å². The summed E-state index contributed by atoms with van der Waals surface area (Å²) in [7, 11) is 0. The summed E-state index contributed by atoms with van der Waals surface area (Å²) >= 11 is 0. The summed E-state index contributed by atoms with van der Waals surface area (Å²) < 4.78 is 0. The van der Waals surface area contributed by atoms with E-state index in [1.165, 1.54) is 43.3 Å². The number of fused-ring (bicyclic) bond motifs is 3. The Hall–Kier alpha value is -2.90. The first-order valence-corrected chi connectivity index (χ1v) is 10.9. The van der Waals surface area contributed by atoms with Crippen molar-refractivity contribution in [1.82, 2.24) is 30.4 Å². The van der Waals surface area contributed by atoms with E-state index in [0.29, 0.717) is 5.82 Å². The van der Waals surface area contributed by atoms with Crippen molar-refractivity contribution in [1.29, 1.82) is 0 Å². The van der Waals surface area contributed by atoms with E-state index in [9.17, 15) is 0 Å². The maximum absolute atomic E-state index is 6.04. The maximum atomic E-state index is 6.04. The summed E-state index contributed by atoms with van der Waals surface area (Å²) in [6.07, 6.45) is 4.23. The molecule has 0 spiro atoms. The number of anilines is 1. The van der Waals surface area contributed by atoms with Gasteiger partial charge in [-0.25, -0.2) is 15.0 Å². The SMILES string of the molecule is Cc1nc2c(-c3cc4cc(CNN5CC6CCCC6C5)ccc4[nH]3)cc(N)nc2[nH]1. The van der Waals surface area contributed by atoms with Gasteiger partial charge in [-0.1, -0.05) is 12.5 Å². The van der Waals surface area contributed by atoms with Gasteiger partial charge in [0.05, 0.1) is 0 Å². The van der Waals surface area contributed by atoms with Crippen LogP contribution in [0.2, 0.25) is 0 Å². The molecule has 6 rings (SSSR count). The number of nitrogen functional groups attached to an aromatic ring is 1. The first kappa shape index (κ1) is 17.9. The lowest BCUT2D eigenvalue weighted by atomic mass is 10.0. The van der Waals surface area contributed by atoms with E-state index in [-0.39, 0.29) is 0 Å². The molecule has 7 nitrogen and oxygen atoms in total. The van der Waals surface area contributed by atoms with Gasteiger partial charge in [-0.05, 0) is 61.4 Å². The maximum Gasteiger partial charge on any atom is 0.160 e. The van der Waals surface area contributed by atoms with E-state index in [0.717, 1.165) is 52.1 Å². The molecule has 5 N–H and O–H groups in total. The number of aromatic nitrogens is 4. The highest BCUT2D eigenvalue weighted by Crippen LogP contribution is 2.37. The van der Waals surface area contributed by atoms with Crippen LogP contribution in [0.1, 0.15) is 30.7 Å². The van der Waals surface area contributed by atoms with Gasteiger partial charge >= 0.3 is 0 Å². The highest BCUT2D eigenvalue weighted by molar-refractivity contribution is 5.95. The number of hydrogen-bond donors (Lipinski definition) is 4. The van der Waals surface area contributed by atoms with Crippen LogP contribution in [-0.4, -0.2) is 38.0 Å². The van der Waals surface area contributed by atoms with Crippen molar-refractivity contribution in [3.63, 3.8) is 0 Å². The second-order valence-electron chi connectivity index (χ2n) is 8.91. The van der Waals surface area contributed by atoms with Crippen LogP contribution in [0.4, 0.5) is 5.82 Å². The second kappa shape index (κ2) is 6.82. The lowest BCUT2D eigenvalue weighted by molar-refractivity contribution is 0.213. The molecule has 4 heterocycles. The van der Waals surface area contributed by atoms with Crippen molar-refractivity contribution in [3.8, 4) is 11.3 Å². The summed E-state index contributed by atoms with van der Waals surface area (Å²) in [4.78, 5) is 15.7. The van der Waals surface area contributed by atoms with Crippen molar-refractivity contribution in [2.75, 3.05) is 18.8 Å². The van der Waals surface area contributed by atoms with Gasteiger partial charge in [-0.2, -0.15) is 0 Å². The molecule has 30 heavy (non-hydrogen) atoms. The number of nitrogens with two attached hydrogens (primary N) is 1. The minimum absolute atomic E-state index is 0.486. The number of hydrogen-bond acceptors (Lipinski definition) is 5. The molecule has 0 amide bonds. The van der Waals surface area contributed by atoms with E-state index < -0.39 is 0 Å². The topological polar surface area (TPSA) is 98.7 Å². The molecule has 1 saturated carbocycles. The van der Waals surface area contributed by atoms with Gasteiger partial charge in [-0.3, -0.25) is 5.43 Å². The molecule has 1 aliphatic heterocycles. The molecule has 2 unspecified atom stereocenters. The van der Waals surface area contributed by atoms with Gasteiger partial charge in [0, 0.05) is 41.8 Å². The Kier molecular flexibility index (Phi) is 4.07. The Morgan fingerprint density at radius 3 is 2.77 bits per heavy atom. The highest BCUT2D eigenvalue weighted by atomic mass is 15.5. The van der Waals surface area contributed by atoms with Gasteiger partial charge in [0.15, 0.2) is 5.65 Å². The highest BCUT2D eigenvalue weighted by Gasteiger charge is 2.35. The molecule has 2 atom stereocenters. The Morgan fingerprint density at radius 2 is 1.93 bits per heavy atom. The molecule has 2 fully saturated rings. The Balaban J connectivity index is 1.26. The number of imidazole rings is 1. The first-order chi connectivity index (χ1) is 14.6. The summed E-state index contributed by atoms with van der Waals surface area (Å²) in [5.74, 6) is 3.13. The predicted octanol–water partition coefficient (Wildman–Crippen LogP) is 3.73. The van der Waals surface area contributed by atoms with Crippen LogP contribution in [-0.2, 0) is 6.54 Å². The van der Waals surface area contributed by atoms with E-state index in [1.807, 2.05) is 13.0 Å². The molecule has 1 aliphatic carbocycles. The van der Waals surface area contributed by atoms with Crippen molar-refractivity contribution < 1.29 is 0 Å². The van der Waals surface area contributed by atoms with Gasteiger partial charge < -0.3 is 15.7 Å². The van der Waals surface area contributed by atoms with E-state index in [2.05, 4.69) is 54.6 Å². The molecule has 7 heteroatoms. The number of aryl methyl sites for hydroxylation is 1. The number of hydrazine groups is 1. The fourth-order valence-electron chi connectivity index (χ4n) is 5.34. The minimum atomic E-state index is 0.486. The van der Waals surface area contributed by atoms with Gasteiger partial charge in [0.1, 0.15) is 17.2 Å². The lowest BCUT2D eigenvalue weighted by Crippen LogP contribution is -2.36. The summed E-state index contributed by atoms with van der Waals surface area (Å²) in [6.45, 7) is 5.19. The third-order valence-electron chi connectivity index (χ3n) is 6.80. The first-order valence-electron chi connectivity index (χ1n) is 10.9. The number of rotatable bonds is 4. The zero-order valence-corrected chi connectivity index (χ0v) is 17.2. The largest absolute Gasteiger partial charge is 0.384 e. The van der Waals surface area contributed by atoms with Crippen LogP contribution in [0.25, 0.3) is 33.3 Å². The molecule has 2 aliphatic rings. The van der Waals surface area contributed by atoms with Crippen LogP contribution in [0.5, 0.6) is 0 Å². The third kappa shape index (κ3) is 3.05. The number of nitrogens with zero attached hydrogens (tertiary/aromatic N) is 3. The third-order valence-corrected chi connectivity index (χ3v) is 6.80. The molecule has 0 radical (unpaired) electrons. The number of benzene rings is 1. The van der Waals surface area contributed by atoms with Crippen LogP contribution in [0.3, 0.4) is 0 Å². The van der Waals surface area contributed by atoms with Crippen molar-refractivity contribution in [2.24, 2.45) is 11.8 Å². The summed E-state index contributed by atoms with van der Waals surface area (Å²) in [5, 5.41) is 3.62. The minimum Gasteiger partial charge on any atom is -0.384 e. The zero-order valence-electron chi connectivity index (χ0n) is 17.2. The Labute approximate surface area is 175 Å². The zero-order chi connectivity index (χ0) is 20.2. The average Bonchev–Trinajstić information content (AvgIpc) is 3.46.